The number of hydrogen-bond donors (Lipinski definition) is 0. The highest BCUT2D eigenvalue weighted by Gasteiger charge is 2.23. The minimum atomic E-state index is -0.366. The van der Waals surface area contributed by atoms with E-state index in [-0.39, 0.29) is 18.5 Å². The van der Waals surface area contributed by atoms with Crippen molar-refractivity contribution >= 4 is 17.3 Å². The van der Waals surface area contributed by atoms with Crippen LogP contribution in [0.25, 0.3) is 0 Å². The first-order chi connectivity index (χ1) is 8.81. The number of methoxy groups -OCH3 is 1. The van der Waals surface area contributed by atoms with E-state index in [4.69, 9.17) is 9.47 Å². The lowest BCUT2D eigenvalue weighted by molar-refractivity contribution is -0.143. The normalized spacial score (nSPS) is 11.8. The maximum absolute atomic E-state index is 11.7. The lowest BCUT2D eigenvalue weighted by Crippen LogP contribution is -2.20. The minimum Gasteiger partial charge on any atom is -0.492 e. The lowest BCUT2D eigenvalue weighted by atomic mass is 10.1. The van der Waals surface area contributed by atoms with Crippen LogP contribution in [0.3, 0.4) is 0 Å². The van der Waals surface area contributed by atoms with Crippen LogP contribution in [0.5, 0.6) is 5.75 Å². The molecule has 18 heavy (non-hydrogen) atoms. The molecule has 0 N–H and O–H groups in total. The van der Waals surface area contributed by atoms with Crippen LogP contribution in [0.15, 0.2) is 47.8 Å². The van der Waals surface area contributed by atoms with Gasteiger partial charge in [-0.25, -0.2) is 0 Å². The zero-order valence-electron chi connectivity index (χ0n) is 10.0. The van der Waals surface area contributed by atoms with Crippen LogP contribution >= 0.6 is 11.3 Å². The Morgan fingerprint density at radius 3 is 2.61 bits per heavy atom. The molecule has 1 atom stereocenters. The Morgan fingerprint density at radius 1 is 1.22 bits per heavy atom. The van der Waals surface area contributed by atoms with Gasteiger partial charge in [0, 0.05) is 4.88 Å². The van der Waals surface area contributed by atoms with Crippen molar-refractivity contribution in [3.05, 3.63) is 52.7 Å². The fourth-order valence-electron chi connectivity index (χ4n) is 1.59. The minimum absolute atomic E-state index is 0.270. The van der Waals surface area contributed by atoms with Crippen molar-refractivity contribution in [3.63, 3.8) is 0 Å². The average molecular weight is 262 g/mol. The zero-order chi connectivity index (χ0) is 12.8. The molecule has 0 saturated heterocycles. The Hall–Kier alpha value is -1.81. The summed E-state index contributed by atoms with van der Waals surface area (Å²) in [6, 6.07) is 13.3. The van der Waals surface area contributed by atoms with Gasteiger partial charge in [0.05, 0.1) is 7.11 Å². The van der Waals surface area contributed by atoms with Crippen molar-refractivity contribution < 1.29 is 14.3 Å². The third-order valence-electron chi connectivity index (χ3n) is 2.53. The van der Waals surface area contributed by atoms with Gasteiger partial charge in [-0.05, 0) is 23.6 Å². The molecule has 1 aromatic heterocycles. The summed E-state index contributed by atoms with van der Waals surface area (Å²) in [7, 11) is 1.39. The highest BCUT2D eigenvalue weighted by molar-refractivity contribution is 7.10. The predicted molar refractivity (Wildman–Crippen MR) is 71.0 cm³/mol. The van der Waals surface area contributed by atoms with Crippen LogP contribution < -0.4 is 4.74 Å². The molecule has 0 amide bonds. The fourth-order valence-corrected chi connectivity index (χ4v) is 2.39. The summed E-state index contributed by atoms with van der Waals surface area (Å²) < 4.78 is 10.4. The van der Waals surface area contributed by atoms with Gasteiger partial charge in [-0.1, -0.05) is 24.3 Å². The van der Waals surface area contributed by atoms with Gasteiger partial charge in [0.2, 0.25) is 0 Å². The van der Waals surface area contributed by atoms with Gasteiger partial charge in [0.1, 0.15) is 18.3 Å². The number of carbonyl (C=O) groups is 1. The average Bonchev–Trinajstić information content (AvgIpc) is 2.94. The number of esters is 1. The second kappa shape index (κ2) is 6.21. The fraction of sp³-hybridized carbons (Fsp3) is 0.214. The molecule has 2 aromatic rings. The summed E-state index contributed by atoms with van der Waals surface area (Å²) in [6.45, 7) is 0.289. The molecule has 0 saturated carbocycles. The molecule has 0 aliphatic rings. The van der Waals surface area contributed by atoms with E-state index in [0.29, 0.717) is 0 Å². The molecule has 0 spiro atoms. The standard InChI is InChI=1S/C14H14O3S/c1-16-14(15)12(13-8-5-9-18-13)10-17-11-6-3-2-4-7-11/h2-9,12H,10H2,1H3. The molecule has 1 aromatic carbocycles. The Bertz CT molecular complexity index is 479. The third kappa shape index (κ3) is 3.11. The summed E-state index contributed by atoms with van der Waals surface area (Å²) in [5.41, 5.74) is 0. The Balaban J connectivity index is 2.05. The van der Waals surface area contributed by atoms with Gasteiger partial charge in [-0.15, -0.1) is 11.3 Å². The second-order valence-corrected chi connectivity index (χ2v) is 4.69. The van der Waals surface area contributed by atoms with Gasteiger partial charge in [-0.3, -0.25) is 4.79 Å². The maximum atomic E-state index is 11.7. The number of benzene rings is 1. The summed E-state index contributed by atoms with van der Waals surface area (Å²) in [5, 5.41) is 1.94. The van der Waals surface area contributed by atoms with Crippen LogP contribution in [0.2, 0.25) is 0 Å². The topological polar surface area (TPSA) is 35.5 Å². The van der Waals surface area contributed by atoms with E-state index in [2.05, 4.69) is 0 Å². The van der Waals surface area contributed by atoms with Crippen LogP contribution in [0.1, 0.15) is 10.8 Å². The van der Waals surface area contributed by atoms with Crippen molar-refractivity contribution in [2.24, 2.45) is 0 Å². The third-order valence-corrected chi connectivity index (χ3v) is 3.52. The number of hydrogen-bond acceptors (Lipinski definition) is 4. The van der Waals surface area contributed by atoms with Crippen LogP contribution in [0, 0.1) is 0 Å². The first-order valence-corrected chi connectivity index (χ1v) is 6.48. The lowest BCUT2D eigenvalue weighted by Gasteiger charge is -2.14. The zero-order valence-corrected chi connectivity index (χ0v) is 10.9. The van der Waals surface area contributed by atoms with Gasteiger partial charge >= 0.3 is 5.97 Å². The molecule has 0 radical (unpaired) electrons. The van der Waals surface area contributed by atoms with Crippen molar-refractivity contribution in [1.82, 2.24) is 0 Å². The molecule has 0 fully saturated rings. The van der Waals surface area contributed by atoms with E-state index >= 15 is 0 Å². The number of para-hydroxylation sites is 1. The van der Waals surface area contributed by atoms with Gasteiger partial charge in [0.15, 0.2) is 0 Å². The molecule has 0 aliphatic carbocycles. The highest BCUT2D eigenvalue weighted by Crippen LogP contribution is 2.23. The van der Waals surface area contributed by atoms with Crippen LogP contribution in [-0.4, -0.2) is 19.7 Å². The summed E-state index contributed by atoms with van der Waals surface area (Å²) in [5.74, 6) is 0.117. The Labute approximate surface area is 110 Å². The largest absolute Gasteiger partial charge is 0.492 e. The van der Waals surface area contributed by atoms with Gasteiger partial charge in [0.25, 0.3) is 0 Å². The number of carbonyl (C=O) groups excluding carboxylic acids is 1. The number of ether oxygens (including phenoxy) is 2. The van der Waals surface area contributed by atoms with E-state index in [9.17, 15) is 4.79 Å². The van der Waals surface area contributed by atoms with E-state index in [1.54, 1.807) is 0 Å². The monoisotopic (exact) mass is 262 g/mol. The van der Waals surface area contributed by atoms with E-state index in [1.807, 2.05) is 47.8 Å². The smallest absolute Gasteiger partial charge is 0.317 e. The SMILES string of the molecule is COC(=O)C(COc1ccccc1)c1cccs1. The predicted octanol–water partition coefficient (Wildman–Crippen LogP) is 3.08. The van der Waals surface area contributed by atoms with Crippen LogP contribution in [-0.2, 0) is 9.53 Å². The first-order valence-electron chi connectivity index (χ1n) is 5.60. The molecule has 2 rings (SSSR count). The molecule has 3 nitrogen and oxygen atoms in total. The molecule has 1 unspecified atom stereocenters. The van der Waals surface area contributed by atoms with Crippen molar-refractivity contribution in [2.45, 2.75) is 5.92 Å². The second-order valence-electron chi connectivity index (χ2n) is 3.72. The highest BCUT2D eigenvalue weighted by atomic mass is 32.1. The molecule has 94 valence electrons. The molecule has 0 bridgehead atoms. The van der Waals surface area contributed by atoms with E-state index in [0.717, 1.165) is 10.6 Å². The summed E-state index contributed by atoms with van der Waals surface area (Å²) in [6.07, 6.45) is 0. The van der Waals surface area contributed by atoms with Crippen molar-refractivity contribution in [1.29, 1.82) is 0 Å². The molecule has 1 heterocycles. The molecular weight excluding hydrogens is 248 g/mol. The molecular formula is C14H14O3S. The van der Waals surface area contributed by atoms with E-state index in [1.165, 1.54) is 18.4 Å². The molecule has 4 heteroatoms. The summed E-state index contributed by atoms with van der Waals surface area (Å²) in [4.78, 5) is 12.7. The molecule has 0 aliphatic heterocycles. The van der Waals surface area contributed by atoms with Crippen molar-refractivity contribution in [2.75, 3.05) is 13.7 Å². The van der Waals surface area contributed by atoms with E-state index < -0.39 is 0 Å². The van der Waals surface area contributed by atoms with Gasteiger partial charge in [-0.2, -0.15) is 0 Å². The maximum Gasteiger partial charge on any atom is 0.317 e. The number of thiophene rings is 1. The quantitative estimate of drug-likeness (QED) is 0.777. The summed E-state index contributed by atoms with van der Waals surface area (Å²) >= 11 is 1.53. The first kappa shape index (κ1) is 12.6. The van der Waals surface area contributed by atoms with Crippen molar-refractivity contribution in [3.8, 4) is 5.75 Å². The Morgan fingerprint density at radius 2 is 2.00 bits per heavy atom. The van der Waals surface area contributed by atoms with Crippen LogP contribution in [0.4, 0.5) is 0 Å². The number of rotatable bonds is 5. The van der Waals surface area contributed by atoms with Gasteiger partial charge < -0.3 is 9.47 Å². The Kier molecular flexibility index (Phi) is 4.36.